The number of benzene rings is 2. The van der Waals surface area contributed by atoms with Crippen LogP contribution >= 0.6 is 11.6 Å². The Kier molecular flexibility index (Phi) is 5.58. The normalized spacial score (nSPS) is 14.3. The number of amides is 1. The number of aromatic nitrogens is 1. The molecular weight excluding hydrogens is 386 g/mol. The third-order valence-corrected chi connectivity index (χ3v) is 5.91. The first kappa shape index (κ1) is 19.5. The van der Waals surface area contributed by atoms with Gasteiger partial charge >= 0.3 is 0 Å². The maximum atomic E-state index is 12.6. The zero-order chi connectivity index (χ0) is 20.4. The third kappa shape index (κ3) is 4.30. The Morgan fingerprint density at radius 2 is 1.72 bits per heavy atom. The van der Waals surface area contributed by atoms with Crippen molar-refractivity contribution in [3.8, 4) is 5.75 Å². The van der Waals surface area contributed by atoms with E-state index in [1.54, 1.807) is 0 Å². The molecule has 0 unspecified atom stereocenters. The van der Waals surface area contributed by atoms with Gasteiger partial charge in [-0.25, -0.2) is 4.98 Å². The van der Waals surface area contributed by atoms with Crippen LogP contribution in [0.4, 0.5) is 5.82 Å². The molecule has 5 nitrogen and oxygen atoms in total. The fraction of sp³-hybridized carbons (Fsp3) is 0.304. The number of piperazine rings is 1. The number of pyridine rings is 1. The fourth-order valence-electron chi connectivity index (χ4n) is 3.64. The quantitative estimate of drug-likeness (QED) is 0.646. The number of hydrogen-bond donors (Lipinski definition) is 0. The minimum absolute atomic E-state index is 0.00127. The first-order valence-electron chi connectivity index (χ1n) is 9.79. The molecule has 6 heteroatoms. The number of para-hydroxylation sites is 1. The van der Waals surface area contributed by atoms with E-state index in [2.05, 4.69) is 17.0 Å². The third-order valence-electron chi connectivity index (χ3n) is 5.31. The number of rotatable bonds is 4. The van der Waals surface area contributed by atoms with Crippen molar-refractivity contribution in [3.63, 3.8) is 0 Å². The SMILES string of the molecule is Cc1cc(OCC(=O)N2CCN(c3ccc4ccccc4n3)CC2)cc(C)c1Cl. The number of nitrogens with zero attached hydrogens (tertiary/aromatic N) is 3. The summed E-state index contributed by atoms with van der Waals surface area (Å²) in [5, 5.41) is 1.87. The lowest BCUT2D eigenvalue weighted by Gasteiger charge is -2.35. The van der Waals surface area contributed by atoms with Crippen LogP contribution in [0.15, 0.2) is 48.5 Å². The zero-order valence-corrected chi connectivity index (χ0v) is 17.4. The van der Waals surface area contributed by atoms with E-state index >= 15 is 0 Å². The van der Waals surface area contributed by atoms with Crippen LogP contribution < -0.4 is 9.64 Å². The van der Waals surface area contributed by atoms with Gasteiger partial charge in [0.05, 0.1) is 5.52 Å². The van der Waals surface area contributed by atoms with Crippen molar-refractivity contribution in [2.45, 2.75) is 13.8 Å². The van der Waals surface area contributed by atoms with Crippen molar-refractivity contribution in [1.29, 1.82) is 0 Å². The Morgan fingerprint density at radius 1 is 1.03 bits per heavy atom. The van der Waals surface area contributed by atoms with Gasteiger partial charge in [-0.15, -0.1) is 0 Å². The molecular formula is C23H24ClN3O2. The van der Waals surface area contributed by atoms with Crippen LogP contribution in [-0.2, 0) is 4.79 Å². The van der Waals surface area contributed by atoms with Crippen molar-refractivity contribution < 1.29 is 9.53 Å². The molecule has 2 heterocycles. The molecule has 1 saturated heterocycles. The zero-order valence-electron chi connectivity index (χ0n) is 16.7. The van der Waals surface area contributed by atoms with Gasteiger partial charge in [-0.1, -0.05) is 29.8 Å². The lowest BCUT2D eigenvalue weighted by atomic mass is 10.1. The van der Waals surface area contributed by atoms with Crippen molar-refractivity contribution in [2.75, 3.05) is 37.7 Å². The van der Waals surface area contributed by atoms with Crippen LogP contribution in [0.1, 0.15) is 11.1 Å². The molecule has 0 N–H and O–H groups in total. The Bertz CT molecular complexity index is 1020. The van der Waals surface area contributed by atoms with E-state index in [1.165, 1.54) is 0 Å². The van der Waals surface area contributed by atoms with Gasteiger partial charge in [0, 0.05) is 36.6 Å². The highest BCUT2D eigenvalue weighted by Crippen LogP contribution is 2.26. The molecule has 1 amide bonds. The second-order valence-corrected chi connectivity index (χ2v) is 7.77. The molecule has 2 aromatic carbocycles. The van der Waals surface area contributed by atoms with Gasteiger partial charge in [0.25, 0.3) is 5.91 Å². The maximum absolute atomic E-state index is 12.6. The summed E-state index contributed by atoms with van der Waals surface area (Å²) in [5.41, 5.74) is 2.89. The van der Waals surface area contributed by atoms with Gasteiger partial charge in [0.2, 0.25) is 0 Å². The highest BCUT2D eigenvalue weighted by molar-refractivity contribution is 6.32. The van der Waals surface area contributed by atoms with Gasteiger partial charge in [-0.3, -0.25) is 4.79 Å². The van der Waals surface area contributed by atoms with E-state index in [0.717, 1.165) is 46.0 Å². The second kappa shape index (κ2) is 8.29. The summed E-state index contributed by atoms with van der Waals surface area (Å²) in [5.74, 6) is 1.64. The van der Waals surface area contributed by atoms with Crippen LogP contribution in [0.2, 0.25) is 5.02 Å². The van der Waals surface area contributed by atoms with E-state index in [0.29, 0.717) is 18.8 Å². The average Bonchev–Trinajstić information content (AvgIpc) is 2.75. The standard InChI is InChI=1S/C23H24ClN3O2/c1-16-13-19(14-17(2)23(16)24)29-15-22(28)27-11-9-26(10-12-27)21-8-7-18-5-3-4-6-20(18)25-21/h3-8,13-14H,9-12,15H2,1-2H3. The highest BCUT2D eigenvalue weighted by Gasteiger charge is 2.22. The van der Waals surface area contributed by atoms with Crippen LogP contribution in [0.3, 0.4) is 0 Å². The van der Waals surface area contributed by atoms with Crippen molar-refractivity contribution in [1.82, 2.24) is 9.88 Å². The van der Waals surface area contributed by atoms with E-state index in [4.69, 9.17) is 21.3 Å². The van der Waals surface area contributed by atoms with Crippen LogP contribution in [0, 0.1) is 13.8 Å². The van der Waals surface area contributed by atoms with E-state index < -0.39 is 0 Å². The van der Waals surface area contributed by atoms with Gasteiger partial charge in [-0.2, -0.15) is 0 Å². The molecule has 150 valence electrons. The van der Waals surface area contributed by atoms with Crippen molar-refractivity contribution in [2.24, 2.45) is 0 Å². The maximum Gasteiger partial charge on any atom is 0.260 e. The number of carbonyl (C=O) groups is 1. The lowest BCUT2D eigenvalue weighted by Crippen LogP contribution is -2.50. The van der Waals surface area contributed by atoms with Gasteiger partial charge < -0.3 is 14.5 Å². The Labute approximate surface area is 175 Å². The second-order valence-electron chi connectivity index (χ2n) is 7.39. The summed E-state index contributed by atoms with van der Waals surface area (Å²) in [6, 6.07) is 16.0. The monoisotopic (exact) mass is 409 g/mol. The minimum atomic E-state index is 0.00127. The number of carbonyl (C=O) groups excluding carboxylic acids is 1. The number of fused-ring (bicyclic) bond motifs is 1. The summed E-state index contributed by atoms with van der Waals surface area (Å²) < 4.78 is 5.72. The molecule has 1 fully saturated rings. The molecule has 4 rings (SSSR count). The van der Waals surface area contributed by atoms with Gasteiger partial charge in [0.1, 0.15) is 11.6 Å². The minimum Gasteiger partial charge on any atom is -0.484 e. The van der Waals surface area contributed by atoms with E-state index in [-0.39, 0.29) is 12.5 Å². The van der Waals surface area contributed by atoms with E-state index in [1.807, 2.05) is 55.1 Å². The number of anilines is 1. The summed E-state index contributed by atoms with van der Waals surface area (Å²) in [7, 11) is 0. The predicted molar refractivity (Wildman–Crippen MR) is 117 cm³/mol. The summed E-state index contributed by atoms with van der Waals surface area (Å²) in [6.45, 7) is 6.75. The summed E-state index contributed by atoms with van der Waals surface area (Å²) in [4.78, 5) is 21.4. The van der Waals surface area contributed by atoms with Crippen molar-refractivity contribution >= 4 is 34.2 Å². The molecule has 0 saturated carbocycles. The smallest absolute Gasteiger partial charge is 0.260 e. The molecule has 29 heavy (non-hydrogen) atoms. The van der Waals surface area contributed by atoms with Gasteiger partial charge in [0.15, 0.2) is 6.61 Å². The Morgan fingerprint density at radius 3 is 2.45 bits per heavy atom. The molecule has 0 aliphatic carbocycles. The molecule has 1 aliphatic rings. The lowest BCUT2D eigenvalue weighted by molar-refractivity contribution is -0.133. The first-order chi connectivity index (χ1) is 14.0. The van der Waals surface area contributed by atoms with Crippen LogP contribution in [0.25, 0.3) is 10.9 Å². The van der Waals surface area contributed by atoms with Crippen LogP contribution in [-0.4, -0.2) is 48.6 Å². The topological polar surface area (TPSA) is 45.7 Å². The molecule has 1 aliphatic heterocycles. The Hall–Kier alpha value is -2.79. The van der Waals surface area contributed by atoms with Crippen LogP contribution in [0.5, 0.6) is 5.75 Å². The molecule has 0 bridgehead atoms. The highest BCUT2D eigenvalue weighted by atomic mass is 35.5. The number of hydrogen-bond acceptors (Lipinski definition) is 4. The average molecular weight is 410 g/mol. The van der Waals surface area contributed by atoms with Gasteiger partial charge in [-0.05, 0) is 55.3 Å². The number of aryl methyl sites for hydroxylation is 2. The first-order valence-corrected chi connectivity index (χ1v) is 10.2. The molecule has 0 radical (unpaired) electrons. The predicted octanol–water partition coefficient (Wildman–Crippen LogP) is 4.23. The van der Waals surface area contributed by atoms with Crippen molar-refractivity contribution in [3.05, 3.63) is 64.7 Å². The summed E-state index contributed by atoms with van der Waals surface area (Å²) in [6.07, 6.45) is 0. The molecule has 1 aromatic heterocycles. The number of halogens is 1. The number of ether oxygens (including phenoxy) is 1. The molecule has 0 spiro atoms. The van der Waals surface area contributed by atoms with E-state index in [9.17, 15) is 4.79 Å². The molecule has 0 atom stereocenters. The summed E-state index contributed by atoms with van der Waals surface area (Å²) >= 11 is 6.19. The fourth-order valence-corrected chi connectivity index (χ4v) is 3.75. The Balaban J connectivity index is 1.33. The largest absolute Gasteiger partial charge is 0.484 e. The molecule has 3 aromatic rings.